The van der Waals surface area contributed by atoms with Crippen molar-refractivity contribution in [1.29, 1.82) is 0 Å². The predicted molar refractivity (Wildman–Crippen MR) is 106 cm³/mol. The molecule has 1 amide bonds. The summed E-state index contributed by atoms with van der Waals surface area (Å²) >= 11 is 0. The Labute approximate surface area is 168 Å². The first-order chi connectivity index (χ1) is 14.0. The summed E-state index contributed by atoms with van der Waals surface area (Å²) in [7, 11) is 0. The molecule has 2 aromatic rings. The molecule has 0 spiro atoms. The summed E-state index contributed by atoms with van der Waals surface area (Å²) in [6.07, 6.45) is 0.741. The maximum Gasteiger partial charge on any atom is 0.230 e. The second-order valence-corrected chi connectivity index (χ2v) is 7.20. The molecule has 1 aliphatic heterocycles. The lowest BCUT2D eigenvalue weighted by Crippen LogP contribution is -2.36. The molecule has 0 saturated carbocycles. The fourth-order valence-corrected chi connectivity index (χ4v) is 3.52. The fraction of sp³-hybridized carbons (Fsp3) is 0.409. The zero-order valence-electron chi connectivity index (χ0n) is 16.5. The van der Waals surface area contributed by atoms with Crippen LogP contribution in [0.25, 0.3) is 0 Å². The van der Waals surface area contributed by atoms with E-state index in [0.717, 1.165) is 0 Å². The molecule has 2 unspecified atom stereocenters. The molecule has 2 aromatic carbocycles. The lowest BCUT2D eigenvalue weighted by atomic mass is 9.97. The number of carbonyl (C=O) groups is 1. The van der Waals surface area contributed by atoms with E-state index >= 15 is 0 Å². The van der Waals surface area contributed by atoms with Crippen molar-refractivity contribution in [2.24, 2.45) is 11.1 Å². The Kier molecular flexibility index (Phi) is 6.69. The number of rotatable bonds is 8. The summed E-state index contributed by atoms with van der Waals surface area (Å²) < 4.78 is 33.9. The van der Waals surface area contributed by atoms with E-state index in [2.05, 4.69) is 5.18 Å². The molecule has 0 bridgehead atoms. The minimum Gasteiger partial charge on any atom is -0.369 e. The van der Waals surface area contributed by atoms with Crippen LogP contribution >= 0.6 is 0 Å². The number of benzene rings is 2. The van der Waals surface area contributed by atoms with Crippen LogP contribution in [0.1, 0.15) is 43.9 Å². The van der Waals surface area contributed by atoms with Crippen molar-refractivity contribution in [1.82, 2.24) is 0 Å². The van der Waals surface area contributed by atoms with Gasteiger partial charge in [0.2, 0.25) is 5.91 Å². The number of hydrogen-bond acceptors (Lipinski definition) is 4. The summed E-state index contributed by atoms with van der Waals surface area (Å²) in [4.78, 5) is 25.2. The zero-order valence-corrected chi connectivity index (χ0v) is 16.5. The summed E-state index contributed by atoms with van der Waals surface area (Å²) in [5.74, 6) is -1.38. The van der Waals surface area contributed by atoms with Gasteiger partial charge in [0.05, 0.1) is 13.2 Å². The van der Waals surface area contributed by atoms with E-state index in [4.69, 9.17) is 4.74 Å². The molecule has 0 radical (unpaired) electrons. The summed E-state index contributed by atoms with van der Waals surface area (Å²) in [6, 6.07) is 9.77. The molecule has 3 rings (SSSR count). The highest BCUT2D eigenvalue weighted by Gasteiger charge is 2.35. The van der Waals surface area contributed by atoms with E-state index in [1.807, 2.05) is 13.8 Å². The van der Waals surface area contributed by atoms with E-state index in [1.165, 1.54) is 29.2 Å². The molecule has 1 heterocycles. The molecule has 7 heteroatoms. The number of hydrogen-bond donors (Lipinski definition) is 0. The van der Waals surface area contributed by atoms with E-state index in [1.54, 1.807) is 18.2 Å². The standard InChI is InChI=1S/C22H24F2N2O3/c1-3-14(4-2)22(27)26(18-7-5-6-17(23)11-18)12-16-9-8-15(10-19(16)24)21-20(25-28)13-29-21/h5-11,14,20-21H,3-4,12-13H2,1-2H3. The Balaban J connectivity index is 1.89. The van der Waals surface area contributed by atoms with Crippen molar-refractivity contribution in [3.8, 4) is 0 Å². The first-order valence-corrected chi connectivity index (χ1v) is 9.77. The van der Waals surface area contributed by atoms with Crippen molar-refractivity contribution in [3.05, 3.63) is 70.1 Å². The third-order valence-electron chi connectivity index (χ3n) is 5.39. The zero-order chi connectivity index (χ0) is 21.0. The average Bonchev–Trinajstić information content (AvgIpc) is 2.68. The summed E-state index contributed by atoms with van der Waals surface area (Å²) in [6.45, 7) is 4.04. The topological polar surface area (TPSA) is 59.0 Å². The Morgan fingerprint density at radius 3 is 2.52 bits per heavy atom. The highest BCUT2D eigenvalue weighted by Crippen LogP contribution is 2.33. The van der Waals surface area contributed by atoms with Crippen molar-refractivity contribution in [2.45, 2.75) is 45.4 Å². The van der Waals surface area contributed by atoms with Gasteiger partial charge in [-0.1, -0.05) is 37.2 Å². The van der Waals surface area contributed by atoms with E-state index in [9.17, 15) is 18.5 Å². The second kappa shape index (κ2) is 9.22. The average molecular weight is 402 g/mol. The third-order valence-corrected chi connectivity index (χ3v) is 5.39. The van der Waals surface area contributed by atoms with Crippen molar-refractivity contribution in [2.75, 3.05) is 11.5 Å². The van der Waals surface area contributed by atoms with Gasteiger partial charge in [-0.25, -0.2) is 8.78 Å². The van der Waals surface area contributed by atoms with Gasteiger partial charge in [-0.15, -0.1) is 0 Å². The van der Waals surface area contributed by atoms with Gasteiger partial charge in [-0.3, -0.25) is 4.79 Å². The van der Waals surface area contributed by atoms with Crippen LogP contribution in [-0.2, 0) is 16.1 Å². The van der Waals surface area contributed by atoms with Crippen LogP contribution in [0, 0.1) is 22.5 Å². The maximum atomic E-state index is 14.8. The molecule has 29 heavy (non-hydrogen) atoms. The Morgan fingerprint density at radius 1 is 1.21 bits per heavy atom. The monoisotopic (exact) mass is 402 g/mol. The Hall–Kier alpha value is -2.67. The molecule has 0 N–H and O–H groups in total. The first-order valence-electron chi connectivity index (χ1n) is 9.77. The van der Waals surface area contributed by atoms with Crippen molar-refractivity contribution >= 4 is 11.6 Å². The van der Waals surface area contributed by atoms with Crippen LogP contribution in [0.15, 0.2) is 47.6 Å². The minimum absolute atomic E-state index is 0.0220. The van der Waals surface area contributed by atoms with Gasteiger partial charge < -0.3 is 9.64 Å². The number of carbonyl (C=O) groups excluding carboxylic acids is 1. The van der Waals surface area contributed by atoms with Crippen LogP contribution in [0.5, 0.6) is 0 Å². The minimum atomic E-state index is -0.540. The smallest absolute Gasteiger partial charge is 0.230 e. The fourth-order valence-electron chi connectivity index (χ4n) is 3.52. The maximum absolute atomic E-state index is 14.8. The van der Waals surface area contributed by atoms with Gasteiger partial charge in [0.15, 0.2) is 0 Å². The molecule has 1 fully saturated rings. The quantitative estimate of drug-likeness (QED) is 0.575. The van der Waals surface area contributed by atoms with E-state index in [0.29, 0.717) is 29.7 Å². The number of nitroso groups, excluding NO2 is 1. The highest BCUT2D eigenvalue weighted by molar-refractivity contribution is 5.94. The van der Waals surface area contributed by atoms with Crippen LogP contribution < -0.4 is 4.90 Å². The number of ether oxygens (including phenoxy) is 1. The SMILES string of the molecule is CCC(CC)C(=O)N(Cc1ccc(C2OCC2N=O)cc1F)c1cccc(F)c1. The first kappa shape index (κ1) is 21.0. The van der Waals surface area contributed by atoms with E-state index < -0.39 is 23.8 Å². The lowest BCUT2D eigenvalue weighted by molar-refractivity contribution is -0.122. The lowest BCUT2D eigenvalue weighted by Gasteiger charge is -2.32. The number of halogens is 2. The molecule has 1 aliphatic rings. The summed E-state index contributed by atoms with van der Waals surface area (Å²) in [5.41, 5.74) is 1.22. The number of anilines is 1. The summed E-state index contributed by atoms with van der Waals surface area (Å²) in [5, 5.41) is 2.98. The normalized spacial score (nSPS) is 18.4. The Morgan fingerprint density at radius 2 is 1.97 bits per heavy atom. The molecular formula is C22H24F2N2O3. The van der Waals surface area contributed by atoms with Gasteiger partial charge in [0.1, 0.15) is 23.8 Å². The van der Waals surface area contributed by atoms with Crippen LogP contribution in [0.3, 0.4) is 0 Å². The van der Waals surface area contributed by atoms with Crippen molar-refractivity contribution < 1.29 is 18.3 Å². The van der Waals surface area contributed by atoms with Crippen LogP contribution in [0.2, 0.25) is 0 Å². The van der Waals surface area contributed by atoms with Crippen LogP contribution in [-0.4, -0.2) is 18.6 Å². The van der Waals surface area contributed by atoms with Gasteiger partial charge >= 0.3 is 0 Å². The number of nitrogens with zero attached hydrogens (tertiary/aromatic N) is 2. The molecule has 5 nitrogen and oxygen atoms in total. The van der Waals surface area contributed by atoms with Crippen LogP contribution in [0.4, 0.5) is 14.5 Å². The molecule has 154 valence electrons. The van der Waals surface area contributed by atoms with Gasteiger partial charge in [0.25, 0.3) is 0 Å². The van der Waals surface area contributed by atoms with Gasteiger partial charge in [0, 0.05) is 17.2 Å². The van der Waals surface area contributed by atoms with E-state index in [-0.39, 0.29) is 25.0 Å². The largest absolute Gasteiger partial charge is 0.369 e. The number of amides is 1. The Bertz CT molecular complexity index is 886. The molecule has 1 saturated heterocycles. The molecule has 2 atom stereocenters. The molecule has 0 aliphatic carbocycles. The molecule has 0 aromatic heterocycles. The second-order valence-electron chi connectivity index (χ2n) is 7.20. The molecular weight excluding hydrogens is 378 g/mol. The van der Waals surface area contributed by atoms with Gasteiger partial charge in [-0.2, -0.15) is 4.91 Å². The van der Waals surface area contributed by atoms with Gasteiger partial charge in [-0.05, 0) is 42.7 Å². The third kappa shape index (κ3) is 4.50. The highest BCUT2D eigenvalue weighted by atomic mass is 19.1. The predicted octanol–water partition coefficient (Wildman–Crippen LogP) is 5.14. The van der Waals surface area contributed by atoms with Crippen molar-refractivity contribution in [3.63, 3.8) is 0 Å².